The van der Waals surface area contributed by atoms with Crippen LogP contribution in [0.3, 0.4) is 0 Å². The van der Waals surface area contributed by atoms with Crippen molar-refractivity contribution >= 4 is 5.91 Å². The summed E-state index contributed by atoms with van der Waals surface area (Å²) < 4.78 is 5.38. The van der Waals surface area contributed by atoms with Crippen LogP contribution in [-0.2, 0) is 6.42 Å². The molecule has 1 amide bonds. The maximum atomic E-state index is 12.7. The van der Waals surface area contributed by atoms with E-state index in [1.54, 1.807) is 24.3 Å². The lowest BCUT2D eigenvalue weighted by atomic mass is 9.97. The van der Waals surface area contributed by atoms with Crippen molar-refractivity contribution in [2.75, 3.05) is 13.1 Å². The number of piperidine rings is 1. The topological polar surface area (TPSA) is 83.0 Å². The van der Waals surface area contributed by atoms with Crippen molar-refractivity contribution < 1.29 is 9.32 Å². The molecule has 1 aliphatic heterocycles. The van der Waals surface area contributed by atoms with E-state index < -0.39 is 0 Å². The Morgan fingerprint density at radius 3 is 3.17 bits per heavy atom. The van der Waals surface area contributed by atoms with E-state index in [9.17, 15) is 4.79 Å². The van der Waals surface area contributed by atoms with Crippen LogP contribution in [0.4, 0.5) is 0 Å². The van der Waals surface area contributed by atoms with Gasteiger partial charge < -0.3 is 9.42 Å². The molecule has 0 radical (unpaired) electrons. The number of hydrogen-bond donors (Lipinski definition) is 0. The summed E-state index contributed by atoms with van der Waals surface area (Å²) >= 11 is 0. The maximum absolute atomic E-state index is 12.7. The number of carbonyl (C=O) groups excluding carboxylic acids is 1. The first-order chi connectivity index (χ1) is 11.7. The number of aromatic nitrogens is 2. The van der Waals surface area contributed by atoms with Crippen molar-refractivity contribution in [2.24, 2.45) is 0 Å². The largest absolute Gasteiger partial charge is 0.339 e. The fraction of sp³-hybridized carbons (Fsp3) is 0.444. The lowest BCUT2D eigenvalue weighted by Gasteiger charge is -2.31. The minimum Gasteiger partial charge on any atom is -0.339 e. The molecule has 24 heavy (non-hydrogen) atoms. The molecular weight excluding hydrogens is 304 g/mol. The zero-order valence-electron chi connectivity index (χ0n) is 13.7. The van der Waals surface area contributed by atoms with Crippen molar-refractivity contribution in [3.05, 3.63) is 47.1 Å². The van der Waals surface area contributed by atoms with Gasteiger partial charge in [0.25, 0.3) is 5.91 Å². The molecule has 3 rings (SSSR count). The number of rotatable bonds is 4. The number of nitrogens with zero attached hydrogens (tertiary/aromatic N) is 4. The van der Waals surface area contributed by atoms with Crippen molar-refractivity contribution in [2.45, 2.75) is 38.5 Å². The zero-order valence-corrected chi connectivity index (χ0v) is 13.7. The van der Waals surface area contributed by atoms with Crippen LogP contribution in [-0.4, -0.2) is 34.0 Å². The fourth-order valence-electron chi connectivity index (χ4n) is 3.03. The van der Waals surface area contributed by atoms with Gasteiger partial charge in [-0.25, -0.2) is 0 Å². The van der Waals surface area contributed by atoms with Gasteiger partial charge in [-0.3, -0.25) is 4.79 Å². The van der Waals surface area contributed by atoms with Gasteiger partial charge in [-0.1, -0.05) is 18.1 Å². The third-order valence-corrected chi connectivity index (χ3v) is 4.25. The molecule has 6 heteroatoms. The number of likely N-dealkylation sites (tertiary alicyclic amines) is 1. The molecule has 1 saturated heterocycles. The van der Waals surface area contributed by atoms with Crippen molar-refractivity contribution in [3.63, 3.8) is 0 Å². The Kier molecular flexibility index (Phi) is 4.90. The second kappa shape index (κ2) is 7.26. The van der Waals surface area contributed by atoms with Crippen LogP contribution < -0.4 is 0 Å². The number of nitriles is 1. The third kappa shape index (κ3) is 3.46. The van der Waals surface area contributed by atoms with Gasteiger partial charge in [-0.15, -0.1) is 0 Å². The first-order valence-corrected chi connectivity index (χ1v) is 8.33. The number of amides is 1. The molecule has 0 saturated carbocycles. The van der Waals surface area contributed by atoms with Crippen LogP contribution in [0.25, 0.3) is 0 Å². The van der Waals surface area contributed by atoms with Crippen molar-refractivity contribution in [3.8, 4) is 6.07 Å². The van der Waals surface area contributed by atoms with Gasteiger partial charge >= 0.3 is 0 Å². The van der Waals surface area contributed by atoms with E-state index in [2.05, 4.69) is 23.1 Å². The standard InChI is InChI=1S/C18H20N4O2/c1-2-5-16-20-17(24-21-16)15-8-4-9-22(12-15)18(23)14-7-3-6-13(10-14)11-19/h3,6-7,10,15H,2,4-5,8-9,12H2,1H3. The van der Waals surface area contributed by atoms with E-state index in [0.717, 1.165) is 31.5 Å². The Bertz CT molecular complexity index is 762. The van der Waals surface area contributed by atoms with E-state index in [1.807, 2.05) is 4.90 Å². The van der Waals surface area contributed by atoms with Crippen LogP contribution in [0.5, 0.6) is 0 Å². The van der Waals surface area contributed by atoms with Crippen LogP contribution in [0, 0.1) is 11.3 Å². The highest BCUT2D eigenvalue weighted by atomic mass is 16.5. The van der Waals surface area contributed by atoms with Gasteiger partial charge in [0.05, 0.1) is 17.6 Å². The minimum absolute atomic E-state index is 0.0508. The summed E-state index contributed by atoms with van der Waals surface area (Å²) in [7, 11) is 0. The van der Waals surface area contributed by atoms with Gasteiger partial charge in [-0.05, 0) is 37.5 Å². The van der Waals surface area contributed by atoms with E-state index in [0.29, 0.717) is 30.1 Å². The molecule has 1 atom stereocenters. The highest BCUT2D eigenvalue weighted by Gasteiger charge is 2.29. The predicted molar refractivity (Wildman–Crippen MR) is 87.3 cm³/mol. The van der Waals surface area contributed by atoms with Crippen LogP contribution in [0.2, 0.25) is 0 Å². The van der Waals surface area contributed by atoms with Gasteiger partial charge in [-0.2, -0.15) is 10.2 Å². The lowest BCUT2D eigenvalue weighted by Crippen LogP contribution is -2.39. The summed E-state index contributed by atoms with van der Waals surface area (Å²) in [5, 5.41) is 13.0. The summed E-state index contributed by atoms with van der Waals surface area (Å²) in [6, 6.07) is 8.89. The molecule has 124 valence electrons. The predicted octanol–water partition coefficient (Wildman–Crippen LogP) is 2.91. The smallest absolute Gasteiger partial charge is 0.253 e. The summed E-state index contributed by atoms with van der Waals surface area (Å²) in [5.41, 5.74) is 1.04. The molecule has 1 aromatic carbocycles. The zero-order chi connectivity index (χ0) is 16.9. The Morgan fingerprint density at radius 1 is 1.50 bits per heavy atom. The molecule has 2 aromatic rings. The highest BCUT2D eigenvalue weighted by Crippen LogP contribution is 2.27. The van der Waals surface area contributed by atoms with Gasteiger partial charge in [0.1, 0.15) is 0 Å². The summed E-state index contributed by atoms with van der Waals surface area (Å²) in [4.78, 5) is 19.0. The average Bonchev–Trinajstić information content (AvgIpc) is 3.10. The van der Waals surface area contributed by atoms with Crippen LogP contribution in [0.1, 0.15) is 59.7 Å². The maximum Gasteiger partial charge on any atom is 0.253 e. The third-order valence-electron chi connectivity index (χ3n) is 4.25. The normalized spacial score (nSPS) is 17.5. The van der Waals surface area contributed by atoms with Crippen LogP contribution >= 0.6 is 0 Å². The molecule has 2 heterocycles. The average molecular weight is 324 g/mol. The van der Waals surface area contributed by atoms with E-state index >= 15 is 0 Å². The first-order valence-electron chi connectivity index (χ1n) is 8.33. The fourth-order valence-corrected chi connectivity index (χ4v) is 3.03. The molecule has 1 unspecified atom stereocenters. The van der Waals surface area contributed by atoms with Gasteiger partial charge in [0.2, 0.25) is 5.89 Å². The lowest BCUT2D eigenvalue weighted by molar-refractivity contribution is 0.0695. The van der Waals surface area contributed by atoms with Crippen molar-refractivity contribution in [1.29, 1.82) is 5.26 Å². The minimum atomic E-state index is -0.0508. The quantitative estimate of drug-likeness (QED) is 0.863. The van der Waals surface area contributed by atoms with Crippen molar-refractivity contribution in [1.82, 2.24) is 15.0 Å². The van der Waals surface area contributed by atoms with Gasteiger partial charge in [0, 0.05) is 25.1 Å². The van der Waals surface area contributed by atoms with E-state index in [-0.39, 0.29) is 11.8 Å². The summed E-state index contributed by atoms with van der Waals surface area (Å²) in [6.07, 6.45) is 3.62. The molecule has 1 aromatic heterocycles. The summed E-state index contributed by atoms with van der Waals surface area (Å²) in [5.74, 6) is 1.39. The first kappa shape index (κ1) is 16.2. The Hall–Kier alpha value is -2.68. The van der Waals surface area contributed by atoms with E-state index in [1.165, 1.54) is 0 Å². The molecule has 0 spiro atoms. The molecular formula is C18H20N4O2. The monoisotopic (exact) mass is 324 g/mol. The Balaban J connectivity index is 1.72. The Labute approximate surface area is 141 Å². The molecule has 0 aliphatic carbocycles. The second-order valence-electron chi connectivity index (χ2n) is 6.08. The SMILES string of the molecule is CCCc1noc(C2CCCN(C(=O)c3cccc(C#N)c3)C2)n1. The number of benzene rings is 1. The molecule has 6 nitrogen and oxygen atoms in total. The molecule has 1 fully saturated rings. The second-order valence-corrected chi connectivity index (χ2v) is 6.08. The summed E-state index contributed by atoms with van der Waals surface area (Å²) in [6.45, 7) is 3.36. The van der Waals surface area contributed by atoms with Crippen LogP contribution in [0.15, 0.2) is 28.8 Å². The number of aryl methyl sites for hydroxylation is 1. The number of hydrogen-bond acceptors (Lipinski definition) is 5. The molecule has 0 N–H and O–H groups in total. The highest BCUT2D eigenvalue weighted by molar-refractivity contribution is 5.94. The molecule has 1 aliphatic rings. The van der Waals surface area contributed by atoms with E-state index in [4.69, 9.17) is 9.78 Å². The molecule has 0 bridgehead atoms. The Morgan fingerprint density at radius 2 is 2.38 bits per heavy atom. The van der Waals surface area contributed by atoms with Gasteiger partial charge in [0.15, 0.2) is 5.82 Å². The number of carbonyl (C=O) groups is 1.